The first-order valence-corrected chi connectivity index (χ1v) is 8.29. The summed E-state index contributed by atoms with van der Waals surface area (Å²) in [5, 5.41) is 2.41. The van der Waals surface area contributed by atoms with Crippen LogP contribution < -0.4 is 10.1 Å². The van der Waals surface area contributed by atoms with Crippen LogP contribution >= 0.6 is 0 Å². The van der Waals surface area contributed by atoms with Gasteiger partial charge in [0.15, 0.2) is 0 Å². The first kappa shape index (κ1) is 14.9. The lowest BCUT2D eigenvalue weighted by molar-refractivity contribution is 0.0879. The minimum Gasteiger partial charge on any atom is -0.497 e. The zero-order valence-electron chi connectivity index (χ0n) is 13.8. The van der Waals surface area contributed by atoms with Gasteiger partial charge in [-0.1, -0.05) is 25.1 Å². The number of hydrogen-bond acceptors (Lipinski definition) is 3. The van der Waals surface area contributed by atoms with Crippen molar-refractivity contribution in [2.24, 2.45) is 0 Å². The Kier molecular flexibility index (Phi) is 3.41. The SMILES string of the molecule is CCc1c(C2CC2c2cccc(OC)c2)ccc2c1C(=O)NC2=O. The second kappa shape index (κ2) is 5.48. The maximum Gasteiger partial charge on any atom is 0.259 e. The maximum absolute atomic E-state index is 12.1. The Labute approximate surface area is 140 Å². The van der Waals surface area contributed by atoms with Crippen LogP contribution in [0.15, 0.2) is 36.4 Å². The summed E-state index contributed by atoms with van der Waals surface area (Å²) in [6.45, 7) is 2.04. The average Bonchev–Trinajstić information content (AvgIpc) is 3.35. The highest BCUT2D eigenvalue weighted by Crippen LogP contribution is 2.56. The number of carbonyl (C=O) groups excluding carboxylic acids is 2. The summed E-state index contributed by atoms with van der Waals surface area (Å²) in [7, 11) is 1.68. The fourth-order valence-corrected chi connectivity index (χ4v) is 3.85. The Morgan fingerprint density at radius 1 is 1.12 bits per heavy atom. The number of rotatable bonds is 4. The molecule has 4 nitrogen and oxygen atoms in total. The lowest BCUT2D eigenvalue weighted by Gasteiger charge is -2.11. The first-order valence-electron chi connectivity index (χ1n) is 8.29. The Morgan fingerprint density at radius 2 is 1.96 bits per heavy atom. The van der Waals surface area contributed by atoms with Gasteiger partial charge in [0.1, 0.15) is 5.75 Å². The topological polar surface area (TPSA) is 55.4 Å². The van der Waals surface area contributed by atoms with E-state index in [1.807, 2.05) is 25.1 Å². The van der Waals surface area contributed by atoms with Crippen LogP contribution in [0, 0.1) is 0 Å². The van der Waals surface area contributed by atoms with Crippen LogP contribution in [0.4, 0.5) is 0 Å². The minimum atomic E-state index is -0.281. The van der Waals surface area contributed by atoms with E-state index in [1.165, 1.54) is 11.1 Å². The highest BCUT2D eigenvalue weighted by atomic mass is 16.5. The van der Waals surface area contributed by atoms with E-state index >= 15 is 0 Å². The molecule has 0 spiro atoms. The molecule has 4 rings (SSSR count). The molecule has 2 aromatic carbocycles. The monoisotopic (exact) mass is 321 g/mol. The van der Waals surface area contributed by atoms with E-state index in [0.717, 1.165) is 24.2 Å². The van der Waals surface area contributed by atoms with E-state index in [1.54, 1.807) is 13.2 Å². The van der Waals surface area contributed by atoms with Gasteiger partial charge in [-0.3, -0.25) is 14.9 Å². The van der Waals surface area contributed by atoms with Gasteiger partial charge in [-0.15, -0.1) is 0 Å². The molecule has 1 saturated carbocycles. The minimum absolute atomic E-state index is 0.257. The van der Waals surface area contributed by atoms with Crippen LogP contribution in [0.5, 0.6) is 5.75 Å². The second-order valence-electron chi connectivity index (χ2n) is 6.42. The van der Waals surface area contributed by atoms with E-state index < -0.39 is 0 Å². The van der Waals surface area contributed by atoms with Gasteiger partial charge in [-0.2, -0.15) is 0 Å². The van der Waals surface area contributed by atoms with E-state index in [4.69, 9.17) is 4.74 Å². The molecule has 1 aliphatic carbocycles. The highest BCUT2D eigenvalue weighted by molar-refractivity contribution is 6.22. The second-order valence-corrected chi connectivity index (χ2v) is 6.42. The Balaban J connectivity index is 1.70. The molecule has 2 aliphatic rings. The average molecular weight is 321 g/mol. The maximum atomic E-state index is 12.1. The van der Waals surface area contributed by atoms with Gasteiger partial charge >= 0.3 is 0 Å². The summed E-state index contributed by atoms with van der Waals surface area (Å²) in [5.74, 6) is 1.18. The third-order valence-corrected chi connectivity index (χ3v) is 5.11. The molecular formula is C20H19NO3. The number of fused-ring (bicyclic) bond motifs is 1. The van der Waals surface area contributed by atoms with Gasteiger partial charge in [0.25, 0.3) is 11.8 Å². The quantitative estimate of drug-likeness (QED) is 0.878. The van der Waals surface area contributed by atoms with Crippen molar-refractivity contribution in [3.8, 4) is 5.75 Å². The molecule has 1 fully saturated rings. The standard InChI is InChI=1S/C20H19NO3/c1-3-13-14(7-8-15-18(13)20(23)21-19(15)22)17-10-16(17)11-5-4-6-12(9-11)24-2/h4-9,16-17H,3,10H2,1-2H3,(H,21,22,23). The van der Waals surface area contributed by atoms with E-state index in [9.17, 15) is 9.59 Å². The largest absolute Gasteiger partial charge is 0.497 e. The first-order chi connectivity index (χ1) is 11.6. The molecule has 2 atom stereocenters. The van der Waals surface area contributed by atoms with Crippen molar-refractivity contribution >= 4 is 11.8 Å². The molecule has 0 bridgehead atoms. The molecular weight excluding hydrogens is 302 g/mol. The van der Waals surface area contributed by atoms with Crippen LogP contribution in [-0.4, -0.2) is 18.9 Å². The molecule has 0 radical (unpaired) electrons. The summed E-state index contributed by atoms with van der Waals surface area (Å²) in [4.78, 5) is 24.0. The van der Waals surface area contributed by atoms with Crippen LogP contribution in [0.1, 0.15) is 62.6 Å². The van der Waals surface area contributed by atoms with Crippen molar-refractivity contribution in [2.75, 3.05) is 7.11 Å². The van der Waals surface area contributed by atoms with Crippen molar-refractivity contribution in [2.45, 2.75) is 31.6 Å². The summed E-state index contributed by atoms with van der Waals surface area (Å²) >= 11 is 0. The third-order valence-electron chi connectivity index (χ3n) is 5.11. The van der Waals surface area contributed by atoms with E-state index in [2.05, 4.69) is 17.4 Å². The molecule has 2 aromatic rings. The lowest BCUT2D eigenvalue weighted by atomic mass is 9.91. The van der Waals surface area contributed by atoms with Crippen molar-refractivity contribution in [3.63, 3.8) is 0 Å². The molecule has 0 aromatic heterocycles. The molecule has 122 valence electrons. The smallest absolute Gasteiger partial charge is 0.259 e. The molecule has 1 heterocycles. The van der Waals surface area contributed by atoms with Gasteiger partial charge in [-0.25, -0.2) is 0 Å². The number of carbonyl (C=O) groups is 2. The molecule has 1 aliphatic heterocycles. The number of ether oxygens (including phenoxy) is 1. The molecule has 2 unspecified atom stereocenters. The van der Waals surface area contributed by atoms with Crippen molar-refractivity contribution in [3.05, 3.63) is 64.2 Å². The van der Waals surface area contributed by atoms with Crippen LogP contribution in [0.2, 0.25) is 0 Å². The third kappa shape index (κ3) is 2.21. The fraction of sp³-hybridized carbons (Fsp3) is 0.300. The van der Waals surface area contributed by atoms with Crippen molar-refractivity contribution < 1.29 is 14.3 Å². The summed E-state index contributed by atoms with van der Waals surface area (Å²) in [5.41, 5.74) is 4.58. The van der Waals surface area contributed by atoms with Crippen molar-refractivity contribution in [1.29, 1.82) is 0 Å². The molecule has 4 heteroatoms. The summed E-state index contributed by atoms with van der Waals surface area (Å²) in [6, 6.07) is 12.0. The Bertz CT molecular complexity index is 856. The number of amides is 2. The number of benzene rings is 2. The predicted octanol–water partition coefficient (Wildman–Crippen LogP) is 3.41. The zero-order chi connectivity index (χ0) is 16.8. The van der Waals surface area contributed by atoms with Gasteiger partial charge in [0.05, 0.1) is 18.2 Å². The van der Waals surface area contributed by atoms with Crippen LogP contribution in [0.3, 0.4) is 0 Å². The number of methoxy groups -OCH3 is 1. The van der Waals surface area contributed by atoms with Gasteiger partial charge in [0.2, 0.25) is 0 Å². The van der Waals surface area contributed by atoms with Gasteiger partial charge < -0.3 is 4.74 Å². The molecule has 2 amide bonds. The molecule has 24 heavy (non-hydrogen) atoms. The summed E-state index contributed by atoms with van der Waals surface area (Å²) in [6.07, 6.45) is 1.81. The van der Waals surface area contributed by atoms with Crippen LogP contribution in [-0.2, 0) is 6.42 Å². The predicted molar refractivity (Wildman–Crippen MR) is 90.7 cm³/mol. The number of imide groups is 1. The highest BCUT2D eigenvalue weighted by Gasteiger charge is 2.42. The zero-order valence-corrected chi connectivity index (χ0v) is 13.8. The van der Waals surface area contributed by atoms with Gasteiger partial charge in [0, 0.05) is 0 Å². The molecule has 0 saturated heterocycles. The Hall–Kier alpha value is -2.62. The Morgan fingerprint density at radius 3 is 2.71 bits per heavy atom. The lowest BCUT2D eigenvalue weighted by Crippen LogP contribution is -2.20. The van der Waals surface area contributed by atoms with E-state index in [0.29, 0.717) is 23.0 Å². The fourth-order valence-electron chi connectivity index (χ4n) is 3.85. The number of hydrogen-bond donors (Lipinski definition) is 1. The van der Waals surface area contributed by atoms with Gasteiger partial charge in [-0.05, 0) is 59.6 Å². The van der Waals surface area contributed by atoms with Crippen molar-refractivity contribution in [1.82, 2.24) is 5.32 Å². The molecule has 1 N–H and O–H groups in total. The summed E-state index contributed by atoms with van der Waals surface area (Å²) < 4.78 is 5.31. The number of nitrogens with one attached hydrogen (secondary N) is 1. The van der Waals surface area contributed by atoms with Crippen LogP contribution in [0.25, 0.3) is 0 Å². The normalized spacial score (nSPS) is 21.4. The van der Waals surface area contributed by atoms with E-state index in [-0.39, 0.29) is 11.8 Å².